The number of nitrogens with one attached hydrogen (secondary N) is 1. The van der Waals surface area contributed by atoms with Gasteiger partial charge in [-0.15, -0.1) is 0 Å². The second-order valence-electron chi connectivity index (χ2n) is 3.56. The Balaban J connectivity index is 2.65. The van der Waals surface area contributed by atoms with Gasteiger partial charge < -0.3 is 15.6 Å². The van der Waals surface area contributed by atoms with Gasteiger partial charge in [-0.3, -0.25) is 5.10 Å². The molecule has 0 atom stereocenters. The summed E-state index contributed by atoms with van der Waals surface area (Å²) >= 11 is 0. The molecule has 0 saturated carbocycles. The van der Waals surface area contributed by atoms with Crippen LogP contribution in [0.25, 0.3) is 11.1 Å². The molecule has 16 heavy (non-hydrogen) atoms. The number of methoxy groups -OCH3 is 1. The highest BCUT2D eigenvalue weighted by Crippen LogP contribution is 2.39. The lowest BCUT2D eigenvalue weighted by Gasteiger charge is -2.09. The van der Waals surface area contributed by atoms with Gasteiger partial charge >= 0.3 is 0 Å². The summed E-state index contributed by atoms with van der Waals surface area (Å²) in [5.74, 6) is 0.916. The highest BCUT2D eigenvalue weighted by molar-refractivity contribution is 5.80. The number of nitrogens with two attached hydrogens (primary N) is 1. The van der Waals surface area contributed by atoms with Gasteiger partial charge in [-0.05, 0) is 24.6 Å². The standard InChI is InChI=1S/C11H13N3O2/c1-6-3-7(8-5-13-14-11(8)12)10(15)9(4-6)16-2/h3-5,15H,1-2H3,(H3,12,13,14). The van der Waals surface area contributed by atoms with E-state index in [9.17, 15) is 5.11 Å². The summed E-state index contributed by atoms with van der Waals surface area (Å²) in [5.41, 5.74) is 7.97. The highest BCUT2D eigenvalue weighted by atomic mass is 16.5. The number of benzene rings is 1. The van der Waals surface area contributed by atoms with Gasteiger partial charge in [0.25, 0.3) is 0 Å². The molecule has 5 heteroatoms. The Bertz CT molecular complexity index is 520. The quantitative estimate of drug-likeness (QED) is 0.717. The first-order valence-electron chi connectivity index (χ1n) is 4.80. The highest BCUT2D eigenvalue weighted by Gasteiger charge is 2.14. The fraction of sp³-hybridized carbons (Fsp3) is 0.182. The minimum atomic E-state index is 0.0706. The lowest BCUT2D eigenvalue weighted by atomic mass is 10.0. The van der Waals surface area contributed by atoms with E-state index in [0.29, 0.717) is 22.7 Å². The van der Waals surface area contributed by atoms with Crippen LogP contribution in [0, 0.1) is 6.92 Å². The van der Waals surface area contributed by atoms with Crippen molar-refractivity contribution in [2.24, 2.45) is 0 Å². The van der Waals surface area contributed by atoms with Crippen molar-refractivity contribution in [3.05, 3.63) is 23.9 Å². The van der Waals surface area contributed by atoms with E-state index in [1.807, 2.05) is 13.0 Å². The van der Waals surface area contributed by atoms with Gasteiger partial charge in [0, 0.05) is 11.1 Å². The number of hydrogen-bond acceptors (Lipinski definition) is 4. The number of phenolic OH excluding ortho intramolecular Hbond substituents is 1. The topological polar surface area (TPSA) is 84.2 Å². The van der Waals surface area contributed by atoms with Crippen molar-refractivity contribution in [2.75, 3.05) is 12.8 Å². The lowest BCUT2D eigenvalue weighted by molar-refractivity contribution is 0.374. The van der Waals surface area contributed by atoms with Gasteiger partial charge in [-0.1, -0.05) is 0 Å². The van der Waals surface area contributed by atoms with Gasteiger partial charge in [0.05, 0.1) is 13.3 Å². The van der Waals surface area contributed by atoms with E-state index >= 15 is 0 Å². The molecule has 0 spiro atoms. The molecule has 0 aliphatic heterocycles. The molecule has 0 bridgehead atoms. The molecule has 0 aliphatic carbocycles. The summed E-state index contributed by atoms with van der Waals surface area (Å²) in [6.07, 6.45) is 1.57. The Labute approximate surface area is 92.9 Å². The van der Waals surface area contributed by atoms with Crippen LogP contribution in [0.15, 0.2) is 18.3 Å². The zero-order valence-electron chi connectivity index (χ0n) is 9.11. The third-order valence-corrected chi connectivity index (χ3v) is 2.40. The monoisotopic (exact) mass is 219 g/mol. The van der Waals surface area contributed by atoms with Crippen LogP contribution >= 0.6 is 0 Å². The predicted octanol–water partition coefficient (Wildman–Crippen LogP) is 1.68. The first kappa shape index (κ1) is 10.4. The van der Waals surface area contributed by atoms with Crippen molar-refractivity contribution in [3.63, 3.8) is 0 Å². The number of aryl methyl sites for hydroxylation is 1. The van der Waals surface area contributed by atoms with Gasteiger partial charge in [-0.25, -0.2) is 0 Å². The second-order valence-corrected chi connectivity index (χ2v) is 3.56. The van der Waals surface area contributed by atoms with Crippen molar-refractivity contribution >= 4 is 5.82 Å². The Morgan fingerprint density at radius 1 is 1.38 bits per heavy atom. The molecule has 0 amide bonds. The summed E-state index contributed by atoms with van der Waals surface area (Å²) in [4.78, 5) is 0. The summed E-state index contributed by atoms with van der Waals surface area (Å²) in [7, 11) is 1.51. The maximum atomic E-state index is 9.99. The zero-order valence-corrected chi connectivity index (χ0v) is 9.11. The number of anilines is 1. The Hall–Kier alpha value is -2.17. The maximum Gasteiger partial charge on any atom is 0.165 e. The third kappa shape index (κ3) is 1.56. The number of ether oxygens (including phenoxy) is 1. The summed E-state index contributed by atoms with van der Waals surface area (Å²) < 4.78 is 5.08. The fourth-order valence-electron chi connectivity index (χ4n) is 1.62. The van der Waals surface area contributed by atoms with Crippen LogP contribution in [-0.4, -0.2) is 22.4 Å². The molecule has 0 fully saturated rings. The SMILES string of the molecule is COc1cc(C)cc(-c2cn[nH]c2N)c1O. The number of nitrogens with zero attached hydrogens (tertiary/aromatic N) is 1. The minimum Gasteiger partial charge on any atom is -0.504 e. The van der Waals surface area contributed by atoms with E-state index < -0.39 is 0 Å². The average molecular weight is 219 g/mol. The van der Waals surface area contributed by atoms with E-state index in [1.54, 1.807) is 12.3 Å². The molecular formula is C11H13N3O2. The molecule has 1 aromatic heterocycles. The number of aromatic hydroxyl groups is 1. The molecule has 0 unspecified atom stereocenters. The molecule has 2 rings (SSSR count). The van der Waals surface area contributed by atoms with Crippen molar-refractivity contribution < 1.29 is 9.84 Å². The number of hydrogen-bond donors (Lipinski definition) is 3. The van der Waals surface area contributed by atoms with Gasteiger partial charge in [-0.2, -0.15) is 5.10 Å². The van der Waals surface area contributed by atoms with Crippen LogP contribution in [0.1, 0.15) is 5.56 Å². The Kier molecular flexibility index (Phi) is 2.44. The van der Waals surface area contributed by atoms with Gasteiger partial charge in [0.1, 0.15) is 5.82 Å². The molecule has 0 radical (unpaired) electrons. The molecule has 4 N–H and O–H groups in total. The van der Waals surface area contributed by atoms with E-state index in [4.69, 9.17) is 10.5 Å². The zero-order chi connectivity index (χ0) is 11.7. The average Bonchev–Trinajstić information content (AvgIpc) is 2.67. The predicted molar refractivity (Wildman–Crippen MR) is 61.4 cm³/mol. The molecule has 1 aromatic carbocycles. The van der Waals surface area contributed by atoms with Crippen molar-refractivity contribution in [2.45, 2.75) is 6.92 Å². The van der Waals surface area contributed by atoms with Crippen LogP contribution in [0.3, 0.4) is 0 Å². The molecule has 84 valence electrons. The largest absolute Gasteiger partial charge is 0.504 e. The van der Waals surface area contributed by atoms with Crippen LogP contribution in [0.5, 0.6) is 11.5 Å². The number of aromatic nitrogens is 2. The third-order valence-electron chi connectivity index (χ3n) is 2.40. The molecular weight excluding hydrogens is 206 g/mol. The van der Waals surface area contributed by atoms with Crippen molar-refractivity contribution in [1.82, 2.24) is 10.2 Å². The molecule has 0 aliphatic rings. The molecule has 5 nitrogen and oxygen atoms in total. The fourth-order valence-corrected chi connectivity index (χ4v) is 1.62. The van der Waals surface area contributed by atoms with E-state index in [-0.39, 0.29) is 5.75 Å². The summed E-state index contributed by atoms with van der Waals surface area (Å²) in [5, 5.41) is 16.4. The number of nitrogen functional groups attached to an aromatic ring is 1. The van der Waals surface area contributed by atoms with Crippen LogP contribution in [-0.2, 0) is 0 Å². The first-order chi connectivity index (χ1) is 7.63. The molecule has 2 aromatic rings. The van der Waals surface area contributed by atoms with Crippen LogP contribution in [0.2, 0.25) is 0 Å². The molecule has 1 heterocycles. The van der Waals surface area contributed by atoms with E-state index in [1.165, 1.54) is 7.11 Å². The lowest BCUT2D eigenvalue weighted by Crippen LogP contribution is -1.91. The Morgan fingerprint density at radius 3 is 2.69 bits per heavy atom. The number of phenols is 1. The van der Waals surface area contributed by atoms with E-state index in [2.05, 4.69) is 10.2 Å². The summed E-state index contributed by atoms with van der Waals surface area (Å²) in [6.45, 7) is 1.92. The number of aromatic amines is 1. The second kappa shape index (κ2) is 3.77. The maximum absolute atomic E-state index is 9.99. The van der Waals surface area contributed by atoms with Gasteiger partial charge in [0.15, 0.2) is 11.5 Å². The number of rotatable bonds is 2. The first-order valence-corrected chi connectivity index (χ1v) is 4.80. The van der Waals surface area contributed by atoms with Crippen molar-refractivity contribution in [3.8, 4) is 22.6 Å². The molecule has 0 saturated heterocycles. The smallest absolute Gasteiger partial charge is 0.165 e. The van der Waals surface area contributed by atoms with Crippen molar-refractivity contribution in [1.29, 1.82) is 0 Å². The van der Waals surface area contributed by atoms with Gasteiger partial charge in [0.2, 0.25) is 0 Å². The van der Waals surface area contributed by atoms with Crippen LogP contribution < -0.4 is 10.5 Å². The normalized spacial score (nSPS) is 10.4. The summed E-state index contributed by atoms with van der Waals surface area (Å²) in [6, 6.07) is 3.59. The Morgan fingerprint density at radius 2 is 2.12 bits per heavy atom. The number of H-pyrrole nitrogens is 1. The van der Waals surface area contributed by atoms with Crippen LogP contribution in [0.4, 0.5) is 5.82 Å². The minimum absolute atomic E-state index is 0.0706. The van der Waals surface area contributed by atoms with E-state index in [0.717, 1.165) is 5.56 Å².